The molecule has 2 heterocycles. The SMILES string of the molecule is Cc1noc2nc(C3CC3)cc(C(=O)NC(C)c3ccc(C(F)(F)F)cc3)c12. The highest BCUT2D eigenvalue weighted by molar-refractivity contribution is 6.06. The summed E-state index contributed by atoms with van der Waals surface area (Å²) in [6.45, 7) is 3.46. The molecule has 1 aliphatic carbocycles. The fraction of sp³-hybridized carbons (Fsp3) is 0.350. The molecule has 0 aliphatic heterocycles. The number of pyridine rings is 1. The fourth-order valence-corrected chi connectivity index (χ4v) is 3.20. The number of alkyl halides is 3. The van der Waals surface area contributed by atoms with Crippen molar-refractivity contribution in [3.05, 3.63) is 58.4 Å². The van der Waals surface area contributed by atoms with Crippen LogP contribution in [0.1, 0.15) is 64.6 Å². The summed E-state index contributed by atoms with van der Waals surface area (Å²) in [5.74, 6) is -0.0123. The molecular weight excluding hydrogens is 371 g/mol. The number of carbonyl (C=O) groups is 1. The first-order chi connectivity index (χ1) is 13.2. The molecule has 5 nitrogen and oxygen atoms in total. The summed E-state index contributed by atoms with van der Waals surface area (Å²) < 4.78 is 43.4. The number of rotatable bonds is 4. The summed E-state index contributed by atoms with van der Waals surface area (Å²) in [7, 11) is 0. The smallest absolute Gasteiger partial charge is 0.345 e. The number of halogens is 3. The molecule has 1 atom stereocenters. The predicted molar refractivity (Wildman–Crippen MR) is 95.8 cm³/mol. The molecule has 2 aromatic heterocycles. The monoisotopic (exact) mass is 389 g/mol. The van der Waals surface area contributed by atoms with Gasteiger partial charge >= 0.3 is 6.18 Å². The van der Waals surface area contributed by atoms with Crippen LogP contribution >= 0.6 is 0 Å². The second-order valence-electron chi connectivity index (χ2n) is 7.13. The minimum atomic E-state index is -4.39. The molecule has 0 saturated heterocycles. The standard InChI is InChI=1S/C20H18F3N3O2/c1-10(12-5-7-14(8-6-12)20(21,22)23)24-18(27)15-9-16(13-3-4-13)25-19-17(15)11(2)26-28-19/h5-10,13H,3-4H2,1-2H3,(H,24,27). The third-order valence-electron chi connectivity index (χ3n) is 4.96. The van der Waals surface area contributed by atoms with E-state index in [0.717, 1.165) is 30.7 Å². The third kappa shape index (κ3) is 3.46. The van der Waals surface area contributed by atoms with Gasteiger partial charge in [0.1, 0.15) is 0 Å². The number of hydrogen-bond acceptors (Lipinski definition) is 4. The molecular formula is C20H18F3N3O2. The van der Waals surface area contributed by atoms with E-state index in [1.807, 2.05) is 0 Å². The van der Waals surface area contributed by atoms with Crippen molar-refractivity contribution in [2.75, 3.05) is 0 Å². The summed E-state index contributed by atoms with van der Waals surface area (Å²) in [6, 6.07) is 6.06. The Morgan fingerprint density at radius 2 is 1.93 bits per heavy atom. The van der Waals surface area contributed by atoms with E-state index in [1.165, 1.54) is 12.1 Å². The zero-order valence-electron chi connectivity index (χ0n) is 15.3. The first kappa shape index (κ1) is 18.5. The van der Waals surface area contributed by atoms with E-state index in [4.69, 9.17) is 4.52 Å². The van der Waals surface area contributed by atoms with E-state index < -0.39 is 17.8 Å². The highest BCUT2D eigenvalue weighted by Gasteiger charge is 2.31. The van der Waals surface area contributed by atoms with E-state index >= 15 is 0 Å². The zero-order valence-corrected chi connectivity index (χ0v) is 15.3. The van der Waals surface area contributed by atoms with Crippen LogP contribution in [-0.4, -0.2) is 16.0 Å². The van der Waals surface area contributed by atoms with Crippen LogP contribution in [0.25, 0.3) is 11.1 Å². The zero-order chi connectivity index (χ0) is 20.1. The highest BCUT2D eigenvalue weighted by Crippen LogP contribution is 2.40. The number of aryl methyl sites for hydroxylation is 1. The first-order valence-electron chi connectivity index (χ1n) is 8.99. The lowest BCUT2D eigenvalue weighted by molar-refractivity contribution is -0.137. The van der Waals surface area contributed by atoms with Crippen molar-refractivity contribution in [1.82, 2.24) is 15.5 Å². The minimum absolute atomic E-state index is 0.327. The molecule has 0 spiro atoms. The van der Waals surface area contributed by atoms with Gasteiger partial charge in [-0.25, -0.2) is 4.98 Å². The lowest BCUT2D eigenvalue weighted by Crippen LogP contribution is -2.27. The van der Waals surface area contributed by atoms with Crippen LogP contribution in [0.15, 0.2) is 34.9 Å². The van der Waals surface area contributed by atoms with E-state index in [0.29, 0.717) is 33.8 Å². The van der Waals surface area contributed by atoms with Crippen LogP contribution in [0.4, 0.5) is 13.2 Å². The molecule has 8 heteroatoms. The van der Waals surface area contributed by atoms with Crippen LogP contribution in [0.5, 0.6) is 0 Å². The summed E-state index contributed by atoms with van der Waals surface area (Å²) in [5, 5.41) is 7.31. The molecule has 0 radical (unpaired) electrons. The summed E-state index contributed by atoms with van der Waals surface area (Å²) in [5.41, 5.74) is 1.97. The molecule has 1 N–H and O–H groups in total. The van der Waals surface area contributed by atoms with Gasteiger partial charge in [-0.1, -0.05) is 17.3 Å². The van der Waals surface area contributed by atoms with Crippen LogP contribution in [0, 0.1) is 6.92 Å². The van der Waals surface area contributed by atoms with Crippen LogP contribution in [0.3, 0.4) is 0 Å². The quantitative estimate of drug-likeness (QED) is 0.688. The van der Waals surface area contributed by atoms with Gasteiger partial charge in [0, 0.05) is 11.6 Å². The highest BCUT2D eigenvalue weighted by atomic mass is 19.4. The van der Waals surface area contributed by atoms with E-state index in [1.54, 1.807) is 19.9 Å². The maximum absolute atomic E-state index is 12.9. The van der Waals surface area contributed by atoms with Crippen molar-refractivity contribution in [2.45, 2.75) is 44.8 Å². The Labute approximate surface area is 158 Å². The van der Waals surface area contributed by atoms with Crippen LogP contribution in [-0.2, 0) is 6.18 Å². The molecule has 146 valence electrons. The van der Waals surface area contributed by atoms with Crippen molar-refractivity contribution in [2.24, 2.45) is 0 Å². The topological polar surface area (TPSA) is 68.0 Å². The molecule has 1 aliphatic rings. The summed E-state index contributed by atoms with van der Waals surface area (Å²) >= 11 is 0. The second kappa shape index (κ2) is 6.61. The number of nitrogens with one attached hydrogen (secondary N) is 1. The Bertz CT molecular complexity index is 1040. The molecule has 28 heavy (non-hydrogen) atoms. The van der Waals surface area contributed by atoms with Crippen molar-refractivity contribution in [3.8, 4) is 0 Å². The van der Waals surface area contributed by atoms with Gasteiger partial charge in [0.15, 0.2) is 0 Å². The summed E-state index contributed by atoms with van der Waals surface area (Å²) in [6.07, 6.45) is -2.35. The number of hydrogen-bond donors (Lipinski definition) is 1. The summed E-state index contributed by atoms with van der Waals surface area (Å²) in [4.78, 5) is 17.4. The van der Waals surface area contributed by atoms with Gasteiger partial charge in [-0.15, -0.1) is 0 Å². The Kier molecular flexibility index (Phi) is 4.36. The lowest BCUT2D eigenvalue weighted by Gasteiger charge is -2.16. The van der Waals surface area contributed by atoms with Crippen molar-refractivity contribution >= 4 is 17.0 Å². The van der Waals surface area contributed by atoms with Crippen molar-refractivity contribution in [3.63, 3.8) is 0 Å². The molecule has 1 amide bonds. The Balaban J connectivity index is 1.60. The maximum atomic E-state index is 12.9. The van der Waals surface area contributed by atoms with Gasteiger partial charge in [0.25, 0.3) is 11.6 Å². The average Bonchev–Trinajstić information content (AvgIpc) is 3.44. The number of amides is 1. The largest absolute Gasteiger partial charge is 0.416 e. The van der Waals surface area contributed by atoms with Crippen LogP contribution < -0.4 is 5.32 Å². The van der Waals surface area contributed by atoms with Gasteiger partial charge in [0.05, 0.1) is 28.2 Å². The Morgan fingerprint density at radius 3 is 2.54 bits per heavy atom. The van der Waals surface area contributed by atoms with Crippen molar-refractivity contribution < 1.29 is 22.5 Å². The van der Waals surface area contributed by atoms with E-state index in [9.17, 15) is 18.0 Å². The first-order valence-corrected chi connectivity index (χ1v) is 8.99. The molecule has 1 fully saturated rings. The molecule has 0 bridgehead atoms. The van der Waals surface area contributed by atoms with Crippen molar-refractivity contribution in [1.29, 1.82) is 0 Å². The number of nitrogens with zero attached hydrogens (tertiary/aromatic N) is 2. The lowest BCUT2D eigenvalue weighted by atomic mass is 10.0. The van der Waals surface area contributed by atoms with Gasteiger partial charge in [-0.3, -0.25) is 4.79 Å². The Hall–Kier alpha value is -2.90. The second-order valence-corrected chi connectivity index (χ2v) is 7.13. The fourth-order valence-electron chi connectivity index (χ4n) is 3.20. The average molecular weight is 389 g/mol. The van der Waals surface area contributed by atoms with Gasteiger partial charge in [0.2, 0.25) is 0 Å². The molecule has 1 saturated carbocycles. The van der Waals surface area contributed by atoms with Gasteiger partial charge < -0.3 is 9.84 Å². The van der Waals surface area contributed by atoms with Gasteiger partial charge in [-0.2, -0.15) is 13.2 Å². The normalized spacial score (nSPS) is 15.6. The number of carbonyl (C=O) groups excluding carboxylic acids is 1. The number of benzene rings is 1. The predicted octanol–water partition coefficient (Wildman–Crippen LogP) is 4.92. The molecule has 4 rings (SSSR count). The Morgan fingerprint density at radius 1 is 1.25 bits per heavy atom. The van der Waals surface area contributed by atoms with Gasteiger partial charge in [-0.05, 0) is 50.5 Å². The van der Waals surface area contributed by atoms with Crippen LogP contribution in [0.2, 0.25) is 0 Å². The molecule has 3 aromatic rings. The molecule has 1 unspecified atom stereocenters. The number of fused-ring (bicyclic) bond motifs is 1. The third-order valence-corrected chi connectivity index (χ3v) is 4.96. The molecule has 1 aromatic carbocycles. The number of aromatic nitrogens is 2. The maximum Gasteiger partial charge on any atom is 0.416 e. The minimum Gasteiger partial charge on any atom is -0.345 e. The van der Waals surface area contributed by atoms with E-state index in [2.05, 4.69) is 15.5 Å². The van der Waals surface area contributed by atoms with E-state index in [-0.39, 0.29) is 5.91 Å².